The van der Waals surface area contributed by atoms with Crippen LogP contribution in [0.5, 0.6) is 0 Å². The molecule has 0 radical (unpaired) electrons. The lowest BCUT2D eigenvalue weighted by Gasteiger charge is -2.11. The average Bonchev–Trinajstić information content (AvgIpc) is 3.12. The minimum Gasteiger partial charge on any atom is -0.296 e. The minimum absolute atomic E-state index is 0.0809. The largest absolute Gasteiger partial charge is 0.296 e. The molecule has 3 rings (SSSR count). The van der Waals surface area contributed by atoms with Gasteiger partial charge in [0.25, 0.3) is 5.91 Å². The lowest BCUT2D eigenvalue weighted by Crippen LogP contribution is -2.21. The number of aryl methyl sites for hydroxylation is 1. The van der Waals surface area contributed by atoms with Crippen molar-refractivity contribution in [2.24, 2.45) is 0 Å². The van der Waals surface area contributed by atoms with Crippen LogP contribution in [0.1, 0.15) is 21.5 Å². The van der Waals surface area contributed by atoms with Crippen LogP contribution < -0.4 is 10.0 Å². The van der Waals surface area contributed by atoms with Gasteiger partial charge in [-0.25, -0.2) is 13.1 Å². The summed E-state index contributed by atoms with van der Waals surface area (Å²) in [5.41, 5.74) is 2.45. The van der Waals surface area contributed by atoms with Crippen molar-refractivity contribution in [3.05, 3.63) is 59.2 Å². The summed E-state index contributed by atoms with van der Waals surface area (Å²) in [5, 5.41) is 11.8. The van der Waals surface area contributed by atoms with Crippen LogP contribution in [-0.2, 0) is 10.0 Å². The number of nitrogens with zero attached hydrogens (tertiary/aromatic N) is 2. The molecule has 0 saturated heterocycles. The highest BCUT2D eigenvalue weighted by atomic mass is 32.2. The van der Waals surface area contributed by atoms with Crippen LogP contribution in [0.2, 0.25) is 0 Å². The molecule has 0 unspecified atom stereocenters. The highest BCUT2D eigenvalue weighted by Gasteiger charge is 2.20. The molecule has 0 aliphatic carbocycles. The van der Waals surface area contributed by atoms with Gasteiger partial charge in [0.15, 0.2) is 0 Å². The molecule has 0 saturated carbocycles. The molecule has 1 amide bonds. The second-order valence-corrected chi connectivity index (χ2v) is 8.69. The van der Waals surface area contributed by atoms with Gasteiger partial charge in [-0.3, -0.25) is 10.1 Å². The summed E-state index contributed by atoms with van der Waals surface area (Å²) in [5.74, 6) is -0.443. The first-order valence-electron chi connectivity index (χ1n) is 8.07. The van der Waals surface area contributed by atoms with Crippen LogP contribution in [0.3, 0.4) is 0 Å². The minimum atomic E-state index is -3.67. The summed E-state index contributed by atoms with van der Waals surface area (Å²) in [6.45, 7) is 3.47. The third-order valence-corrected chi connectivity index (χ3v) is 6.53. The van der Waals surface area contributed by atoms with Crippen molar-refractivity contribution < 1.29 is 13.2 Å². The highest BCUT2D eigenvalue weighted by Crippen LogP contribution is 2.27. The third-order valence-electron chi connectivity index (χ3n) is 4.11. The summed E-state index contributed by atoms with van der Waals surface area (Å²) in [4.78, 5) is 12.7. The predicted molar refractivity (Wildman–Crippen MR) is 105 cm³/mol. The smallest absolute Gasteiger partial charge is 0.257 e. The van der Waals surface area contributed by atoms with Gasteiger partial charge in [-0.2, -0.15) is 0 Å². The molecule has 0 bridgehead atoms. The van der Waals surface area contributed by atoms with Gasteiger partial charge in [-0.15, -0.1) is 10.2 Å². The molecule has 9 heteroatoms. The summed E-state index contributed by atoms with van der Waals surface area (Å²) in [6.07, 6.45) is 0. The van der Waals surface area contributed by atoms with Gasteiger partial charge in [-0.05, 0) is 44.2 Å². The number of anilines is 1. The number of rotatable bonds is 5. The first-order chi connectivity index (χ1) is 12.8. The fourth-order valence-electron chi connectivity index (χ4n) is 2.49. The van der Waals surface area contributed by atoms with Crippen molar-refractivity contribution in [2.45, 2.75) is 18.7 Å². The first-order valence-corrected chi connectivity index (χ1v) is 10.4. The normalized spacial score (nSPS) is 11.4. The number of carbonyl (C=O) groups is 1. The van der Waals surface area contributed by atoms with E-state index in [2.05, 4.69) is 20.2 Å². The Bertz CT molecular complexity index is 1090. The Balaban J connectivity index is 1.88. The van der Waals surface area contributed by atoms with Gasteiger partial charge in [0.05, 0.1) is 4.90 Å². The molecule has 0 atom stereocenters. The fraction of sp³-hybridized carbons (Fsp3) is 0.167. The summed E-state index contributed by atoms with van der Waals surface area (Å²) in [7, 11) is -2.33. The van der Waals surface area contributed by atoms with Gasteiger partial charge in [0.1, 0.15) is 5.01 Å². The van der Waals surface area contributed by atoms with E-state index in [0.29, 0.717) is 21.3 Å². The Hall–Kier alpha value is -2.62. The summed E-state index contributed by atoms with van der Waals surface area (Å²) < 4.78 is 26.7. The van der Waals surface area contributed by atoms with Gasteiger partial charge in [0, 0.05) is 11.1 Å². The Morgan fingerprint density at radius 3 is 2.44 bits per heavy atom. The molecule has 140 valence electrons. The summed E-state index contributed by atoms with van der Waals surface area (Å²) >= 11 is 1.25. The molecule has 27 heavy (non-hydrogen) atoms. The van der Waals surface area contributed by atoms with E-state index in [1.807, 2.05) is 30.3 Å². The number of carbonyl (C=O) groups excluding carboxylic acids is 1. The van der Waals surface area contributed by atoms with Crippen molar-refractivity contribution in [1.29, 1.82) is 0 Å². The zero-order valence-electron chi connectivity index (χ0n) is 15.0. The number of amides is 1. The van der Waals surface area contributed by atoms with Crippen LogP contribution in [-0.4, -0.2) is 31.6 Å². The van der Waals surface area contributed by atoms with Crippen molar-refractivity contribution in [3.8, 4) is 10.6 Å². The lowest BCUT2D eigenvalue weighted by atomic mass is 10.1. The molecule has 0 aliphatic rings. The lowest BCUT2D eigenvalue weighted by molar-refractivity contribution is 0.102. The molecule has 0 fully saturated rings. The zero-order valence-corrected chi connectivity index (χ0v) is 16.6. The Kier molecular flexibility index (Phi) is 5.36. The van der Waals surface area contributed by atoms with Gasteiger partial charge in [0.2, 0.25) is 15.2 Å². The Labute approximate surface area is 161 Å². The standard InChI is InChI=1S/C18H18N4O3S2/c1-11-9-14(10-15(12(11)2)27(24,25)19-3)16(23)20-18-22-21-17(26-18)13-7-5-4-6-8-13/h4-10,19H,1-3H3,(H,20,22,23). The van der Waals surface area contributed by atoms with Crippen LogP contribution >= 0.6 is 11.3 Å². The highest BCUT2D eigenvalue weighted by molar-refractivity contribution is 7.89. The molecule has 1 heterocycles. The molecule has 2 aromatic carbocycles. The maximum atomic E-state index is 12.6. The van der Waals surface area contributed by atoms with E-state index in [-0.39, 0.29) is 10.5 Å². The number of benzene rings is 2. The third kappa shape index (κ3) is 4.05. The Morgan fingerprint density at radius 1 is 1.07 bits per heavy atom. The van der Waals surface area contributed by atoms with Crippen LogP contribution in [0.15, 0.2) is 47.4 Å². The molecular weight excluding hydrogens is 384 g/mol. The van der Waals surface area contributed by atoms with Gasteiger partial charge < -0.3 is 0 Å². The maximum absolute atomic E-state index is 12.6. The maximum Gasteiger partial charge on any atom is 0.257 e. The number of nitrogens with one attached hydrogen (secondary N) is 2. The van der Waals surface area contributed by atoms with E-state index < -0.39 is 15.9 Å². The topological polar surface area (TPSA) is 101 Å². The number of aromatic nitrogens is 2. The molecular formula is C18H18N4O3S2. The van der Waals surface area contributed by atoms with Crippen LogP contribution in [0.4, 0.5) is 5.13 Å². The molecule has 1 aromatic heterocycles. The van der Waals surface area contributed by atoms with E-state index >= 15 is 0 Å². The number of hydrogen-bond donors (Lipinski definition) is 2. The van der Waals surface area contributed by atoms with E-state index in [0.717, 1.165) is 5.56 Å². The van der Waals surface area contributed by atoms with Crippen molar-refractivity contribution in [3.63, 3.8) is 0 Å². The molecule has 7 nitrogen and oxygen atoms in total. The Morgan fingerprint density at radius 2 is 1.78 bits per heavy atom. The van der Waals surface area contributed by atoms with Crippen molar-refractivity contribution in [1.82, 2.24) is 14.9 Å². The van der Waals surface area contributed by atoms with Crippen molar-refractivity contribution >= 4 is 32.4 Å². The number of hydrogen-bond acceptors (Lipinski definition) is 6. The molecule has 3 aromatic rings. The molecule has 0 spiro atoms. The summed E-state index contributed by atoms with van der Waals surface area (Å²) in [6, 6.07) is 12.5. The van der Waals surface area contributed by atoms with Crippen LogP contribution in [0, 0.1) is 13.8 Å². The molecule has 0 aliphatic heterocycles. The zero-order chi connectivity index (χ0) is 19.6. The average molecular weight is 403 g/mol. The second kappa shape index (κ2) is 7.55. The monoisotopic (exact) mass is 402 g/mol. The quantitative estimate of drug-likeness (QED) is 0.683. The van der Waals surface area contributed by atoms with Gasteiger partial charge >= 0.3 is 0 Å². The van der Waals surface area contributed by atoms with Crippen LogP contribution in [0.25, 0.3) is 10.6 Å². The van der Waals surface area contributed by atoms with E-state index in [1.165, 1.54) is 24.5 Å². The predicted octanol–water partition coefficient (Wildman–Crippen LogP) is 2.98. The van der Waals surface area contributed by atoms with Crippen molar-refractivity contribution in [2.75, 3.05) is 12.4 Å². The first kappa shape index (κ1) is 19.2. The second-order valence-electron chi connectivity index (χ2n) is 5.86. The fourth-order valence-corrected chi connectivity index (χ4v) is 4.30. The van der Waals surface area contributed by atoms with E-state index in [1.54, 1.807) is 19.9 Å². The molecule has 2 N–H and O–H groups in total. The van der Waals surface area contributed by atoms with E-state index in [4.69, 9.17) is 0 Å². The van der Waals surface area contributed by atoms with Gasteiger partial charge in [-0.1, -0.05) is 41.7 Å². The SMILES string of the molecule is CNS(=O)(=O)c1cc(C(=O)Nc2nnc(-c3ccccc3)s2)cc(C)c1C. The van der Waals surface area contributed by atoms with E-state index in [9.17, 15) is 13.2 Å². The number of sulfonamides is 1.